The summed E-state index contributed by atoms with van der Waals surface area (Å²) in [4.78, 5) is 25.1. The summed E-state index contributed by atoms with van der Waals surface area (Å²) in [5.41, 5.74) is 0. The standard InChI is InChI=1S/C14H27NO4/c1-7-8-18-13(16)12(11(4)5)15(6)14(17)19-9-10(2)3/h10-12H,7-9H2,1-6H3. The molecule has 0 aromatic carbocycles. The minimum atomic E-state index is -0.605. The molecule has 0 radical (unpaired) electrons. The van der Waals surface area contributed by atoms with Crippen molar-refractivity contribution in [1.29, 1.82) is 0 Å². The molecule has 112 valence electrons. The van der Waals surface area contributed by atoms with Gasteiger partial charge in [0, 0.05) is 7.05 Å². The lowest BCUT2D eigenvalue weighted by atomic mass is 10.0. The molecule has 0 spiro atoms. The van der Waals surface area contributed by atoms with Gasteiger partial charge in [0.05, 0.1) is 13.2 Å². The Morgan fingerprint density at radius 3 is 2.11 bits per heavy atom. The van der Waals surface area contributed by atoms with Gasteiger partial charge in [-0.25, -0.2) is 9.59 Å². The van der Waals surface area contributed by atoms with Crippen LogP contribution in [-0.4, -0.2) is 43.3 Å². The normalized spacial score (nSPS) is 12.4. The van der Waals surface area contributed by atoms with Crippen molar-refractivity contribution in [3.8, 4) is 0 Å². The van der Waals surface area contributed by atoms with E-state index < -0.39 is 12.1 Å². The molecule has 5 heteroatoms. The van der Waals surface area contributed by atoms with E-state index in [2.05, 4.69) is 0 Å². The van der Waals surface area contributed by atoms with Crippen LogP contribution in [0, 0.1) is 11.8 Å². The molecule has 0 heterocycles. The van der Waals surface area contributed by atoms with E-state index in [1.54, 1.807) is 7.05 Å². The van der Waals surface area contributed by atoms with Crippen molar-refractivity contribution in [3.63, 3.8) is 0 Å². The first kappa shape index (κ1) is 17.7. The molecule has 0 aromatic rings. The first-order chi connectivity index (χ1) is 8.81. The molecule has 0 fully saturated rings. The van der Waals surface area contributed by atoms with Crippen LogP contribution in [0.4, 0.5) is 4.79 Å². The Hall–Kier alpha value is -1.26. The molecule has 1 unspecified atom stereocenters. The highest BCUT2D eigenvalue weighted by Crippen LogP contribution is 2.13. The predicted octanol–water partition coefficient (Wildman–Crippen LogP) is 2.69. The summed E-state index contributed by atoms with van der Waals surface area (Å²) < 4.78 is 10.3. The first-order valence-electron chi connectivity index (χ1n) is 6.87. The van der Waals surface area contributed by atoms with Crippen molar-refractivity contribution in [3.05, 3.63) is 0 Å². The quantitative estimate of drug-likeness (QED) is 0.669. The summed E-state index contributed by atoms with van der Waals surface area (Å²) in [5.74, 6) is -0.135. The zero-order chi connectivity index (χ0) is 15.0. The van der Waals surface area contributed by atoms with Crippen molar-refractivity contribution in [2.75, 3.05) is 20.3 Å². The van der Waals surface area contributed by atoms with Gasteiger partial charge in [-0.2, -0.15) is 0 Å². The van der Waals surface area contributed by atoms with Gasteiger partial charge in [0.2, 0.25) is 0 Å². The second kappa shape index (κ2) is 8.77. The van der Waals surface area contributed by atoms with E-state index in [0.29, 0.717) is 13.2 Å². The molecule has 19 heavy (non-hydrogen) atoms. The molecule has 0 aliphatic rings. The number of likely N-dealkylation sites (N-methyl/N-ethyl adjacent to an activating group) is 1. The van der Waals surface area contributed by atoms with Crippen LogP contribution < -0.4 is 0 Å². The van der Waals surface area contributed by atoms with Gasteiger partial charge in [-0.1, -0.05) is 34.6 Å². The molecular weight excluding hydrogens is 246 g/mol. The van der Waals surface area contributed by atoms with Gasteiger partial charge in [0.1, 0.15) is 6.04 Å². The topological polar surface area (TPSA) is 55.8 Å². The van der Waals surface area contributed by atoms with E-state index in [1.807, 2.05) is 34.6 Å². The van der Waals surface area contributed by atoms with Gasteiger partial charge in [0.25, 0.3) is 0 Å². The Morgan fingerprint density at radius 1 is 1.11 bits per heavy atom. The lowest BCUT2D eigenvalue weighted by Crippen LogP contribution is -2.47. The summed E-state index contributed by atoms with van der Waals surface area (Å²) in [7, 11) is 1.57. The number of hydrogen-bond acceptors (Lipinski definition) is 4. The van der Waals surface area contributed by atoms with E-state index >= 15 is 0 Å². The summed E-state index contributed by atoms with van der Waals surface area (Å²) in [6.07, 6.45) is 0.277. The van der Waals surface area contributed by atoms with Crippen LogP contribution in [0.1, 0.15) is 41.0 Å². The molecule has 0 aliphatic heterocycles. The smallest absolute Gasteiger partial charge is 0.410 e. The summed E-state index contributed by atoms with van der Waals surface area (Å²) >= 11 is 0. The lowest BCUT2D eigenvalue weighted by Gasteiger charge is -2.28. The summed E-state index contributed by atoms with van der Waals surface area (Å²) in [5, 5.41) is 0. The van der Waals surface area contributed by atoms with E-state index in [1.165, 1.54) is 4.90 Å². The molecule has 0 N–H and O–H groups in total. The average molecular weight is 273 g/mol. The molecule has 0 saturated carbocycles. The van der Waals surface area contributed by atoms with Gasteiger partial charge in [0.15, 0.2) is 0 Å². The van der Waals surface area contributed by atoms with Gasteiger partial charge in [-0.3, -0.25) is 4.90 Å². The fourth-order valence-electron chi connectivity index (χ4n) is 1.62. The maximum Gasteiger partial charge on any atom is 0.410 e. The highest BCUT2D eigenvalue weighted by atomic mass is 16.6. The van der Waals surface area contributed by atoms with Gasteiger partial charge in [-0.05, 0) is 18.3 Å². The van der Waals surface area contributed by atoms with Gasteiger partial charge < -0.3 is 9.47 Å². The molecule has 0 bridgehead atoms. The van der Waals surface area contributed by atoms with Crippen LogP contribution in [0.5, 0.6) is 0 Å². The van der Waals surface area contributed by atoms with Gasteiger partial charge >= 0.3 is 12.1 Å². The molecule has 5 nitrogen and oxygen atoms in total. The zero-order valence-corrected chi connectivity index (χ0v) is 12.9. The highest BCUT2D eigenvalue weighted by Gasteiger charge is 2.32. The van der Waals surface area contributed by atoms with E-state index in [-0.39, 0.29) is 17.8 Å². The molecule has 0 saturated heterocycles. The Balaban J connectivity index is 4.60. The zero-order valence-electron chi connectivity index (χ0n) is 12.9. The van der Waals surface area contributed by atoms with E-state index in [9.17, 15) is 9.59 Å². The van der Waals surface area contributed by atoms with E-state index in [4.69, 9.17) is 9.47 Å². The summed E-state index contributed by atoms with van der Waals surface area (Å²) in [6.45, 7) is 10.3. The number of hydrogen-bond donors (Lipinski definition) is 0. The van der Waals surface area contributed by atoms with Crippen molar-refractivity contribution in [2.45, 2.75) is 47.1 Å². The first-order valence-corrected chi connectivity index (χ1v) is 6.87. The third kappa shape index (κ3) is 6.45. The Kier molecular flexibility index (Phi) is 8.19. The van der Waals surface area contributed by atoms with Crippen molar-refractivity contribution in [1.82, 2.24) is 4.90 Å². The number of amides is 1. The highest BCUT2D eigenvalue weighted by molar-refractivity contribution is 5.81. The van der Waals surface area contributed by atoms with Crippen LogP contribution in [0.15, 0.2) is 0 Å². The Morgan fingerprint density at radius 2 is 1.68 bits per heavy atom. The van der Waals surface area contributed by atoms with Crippen molar-refractivity contribution < 1.29 is 19.1 Å². The lowest BCUT2D eigenvalue weighted by molar-refractivity contribution is -0.150. The maximum absolute atomic E-state index is 12.0. The minimum Gasteiger partial charge on any atom is -0.464 e. The Bertz CT molecular complexity index is 289. The number of carbonyl (C=O) groups excluding carboxylic acids is 2. The molecule has 0 aliphatic carbocycles. The monoisotopic (exact) mass is 273 g/mol. The van der Waals surface area contributed by atoms with Crippen LogP contribution in [0.2, 0.25) is 0 Å². The van der Waals surface area contributed by atoms with Crippen LogP contribution >= 0.6 is 0 Å². The third-order valence-electron chi connectivity index (χ3n) is 2.57. The number of rotatable bonds is 7. The van der Waals surface area contributed by atoms with Gasteiger partial charge in [-0.15, -0.1) is 0 Å². The number of nitrogens with zero attached hydrogens (tertiary/aromatic N) is 1. The van der Waals surface area contributed by atoms with Crippen LogP contribution in [0.25, 0.3) is 0 Å². The third-order valence-corrected chi connectivity index (χ3v) is 2.57. The summed E-state index contributed by atoms with van der Waals surface area (Å²) in [6, 6.07) is -0.605. The molecular formula is C14H27NO4. The molecule has 1 amide bonds. The van der Waals surface area contributed by atoms with Crippen LogP contribution in [-0.2, 0) is 14.3 Å². The molecule has 1 atom stereocenters. The maximum atomic E-state index is 12.0. The molecule has 0 aromatic heterocycles. The number of ether oxygens (including phenoxy) is 2. The predicted molar refractivity (Wildman–Crippen MR) is 73.8 cm³/mol. The van der Waals surface area contributed by atoms with Crippen LogP contribution in [0.3, 0.4) is 0 Å². The number of carbonyl (C=O) groups is 2. The van der Waals surface area contributed by atoms with E-state index in [0.717, 1.165) is 6.42 Å². The second-order valence-corrected chi connectivity index (χ2v) is 5.44. The average Bonchev–Trinajstić information content (AvgIpc) is 2.32. The Labute approximate surface area is 116 Å². The molecule has 0 rings (SSSR count). The van der Waals surface area contributed by atoms with Crippen molar-refractivity contribution >= 4 is 12.1 Å². The minimum absolute atomic E-state index is 0.0269. The second-order valence-electron chi connectivity index (χ2n) is 5.44. The largest absolute Gasteiger partial charge is 0.464 e. The SMILES string of the molecule is CCCOC(=O)C(C(C)C)N(C)C(=O)OCC(C)C. The fourth-order valence-corrected chi connectivity index (χ4v) is 1.62. The van der Waals surface area contributed by atoms with Crippen molar-refractivity contribution in [2.24, 2.45) is 11.8 Å². The number of esters is 1. The fraction of sp³-hybridized carbons (Fsp3) is 0.857.